The van der Waals surface area contributed by atoms with E-state index in [9.17, 15) is 4.79 Å². The maximum Gasteiger partial charge on any atom is 0.222 e. The second kappa shape index (κ2) is 12.3. The van der Waals surface area contributed by atoms with Crippen LogP contribution in [0.5, 0.6) is 11.5 Å². The third-order valence-electron chi connectivity index (χ3n) is 7.17. The highest BCUT2D eigenvalue weighted by Crippen LogP contribution is 2.40. The number of carbonyl (C=O) groups is 1. The normalized spacial score (nSPS) is 21.7. The van der Waals surface area contributed by atoms with Gasteiger partial charge in [-0.2, -0.15) is 0 Å². The van der Waals surface area contributed by atoms with Crippen molar-refractivity contribution in [1.82, 2.24) is 5.32 Å². The molecule has 0 aromatic heterocycles. The van der Waals surface area contributed by atoms with Crippen molar-refractivity contribution < 1.29 is 23.7 Å². The number of amides is 1. The molecule has 35 heavy (non-hydrogen) atoms. The molecule has 0 saturated heterocycles. The van der Waals surface area contributed by atoms with Crippen LogP contribution in [-0.4, -0.2) is 59.6 Å². The Kier molecular flexibility index (Phi) is 8.88. The van der Waals surface area contributed by atoms with Crippen molar-refractivity contribution in [3.63, 3.8) is 0 Å². The monoisotopic (exact) mass is 482 g/mol. The minimum absolute atomic E-state index is 0.00787. The first kappa shape index (κ1) is 25.3. The maximum atomic E-state index is 12.4. The number of hydrogen-bond acceptors (Lipinski definition) is 6. The quantitative estimate of drug-likeness (QED) is 0.513. The first-order valence-electron chi connectivity index (χ1n) is 12.6. The van der Waals surface area contributed by atoms with Crippen molar-refractivity contribution in [2.24, 2.45) is 5.92 Å². The third-order valence-corrected chi connectivity index (χ3v) is 7.17. The molecule has 1 N–H and O–H groups in total. The molecule has 1 fully saturated rings. The molecule has 1 aliphatic heterocycles. The summed E-state index contributed by atoms with van der Waals surface area (Å²) in [5.74, 6) is 2.04. The van der Waals surface area contributed by atoms with Gasteiger partial charge in [0.15, 0.2) is 0 Å². The molecule has 0 unspecified atom stereocenters. The zero-order valence-electron chi connectivity index (χ0n) is 21.1. The molecule has 0 spiro atoms. The number of rotatable bonds is 10. The summed E-state index contributed by atoms with van der Waals surface area (Å²) in [5, 5.41) is 2.82. The second-order valence-electron chi connectivity index (χ2n) is 9.34. The van der Waals surface area contributed by atoms with Crippen LogP contribution in [0, 0.1) is 5.92 Å². The minimum Gasteiger partial charge on any atom is -0.497 e. The summed E-state index contributed by atoms with van der Waals surface area (Å²) in [4.78, 5) is 14.8. The summed E-state index contributed by atoms with van der Waals surface area (Å²) in [6, 6.07) is 14.5. The molecule has 7 nitrogen and oxygen atoms in total. The molecule has 7 heteroatoms. The fourth-order valence-corrected chi connectivity index (χ4v) is 5.23. The number of nitrogens with zero attached hydrogens (tertiary/aromatic N) is 1. The first-order valence-corrected chi connectivity index (χ1v) is 12.6. The Morgan fingerprint density at radius 2 is 1.97 bits per heavy atom. The molecular weight excluding hydrogens is 444 g/mol. The van der Waals surface area contributed by atoms with E-state index in [1.165, 1.54) is 5.56 Å². The van der Waals surface area contributed by atoms with Crippen LogP contribution in [0.15, 0.2) is 42.5 Å². The van der Waals surface area contributed by atoms with Gasteiger partial charge in [-0.15, -0.1) is 0 Å². The van der Waals surface area contributed by atoms with E-state index in [0.717, 1.165) is 68.1 Å². The van der Waals surface area contributed by atoms with E-state index < -0.39 is 0 Å². The summed E-state index contributed by atoms with van der Waals surface area (Å²) >= 11 is 0. The lowest BCUT2D eigenvalue weighted by Gasteiger charge is -2.36. The van der Waals surface area contributed by atoms with Crippen LogP contribution in [0.4, 0.5) is 5.69 Å². The predicted octanol–water partition coefficient (Wildman–Crippen LogP) is 4.15. The topological polar surface area (TPSA) is 69.3 Å². The molecule has 1 saturated carbocycles. The Hall–Kier alpha value is -2.77. The van der Waals surface area contributed by atoms with E-state index in [-0.39, 0.29) is 23.8 Å². The van der Waals surface area contributed by atoms with Crippen molar-refractivity contribution in [1.29, 1.82) is 0 Å². The Morgan fingerprint density at radius 1 is 1.14 bits per heavy atom. The lowest BCUT2D eigenvalue weighted by molar-refractivity contribution is -0.127. The highest BCUT2D eigenvalue weighted by molar-refractivity contribution is 5.78. The summed E-state index contributed by atoms with van der Waals surface area (Å²) in [7, 11) is 5.13. The van der Waals surface area contributed by atoms with E-state index in [2.05, 4.69) is 40.5 Å². The molecule has 2 aromatic rings. The molecule has 190 valence electrons. The molecular formula is C28H38N2O5. The smallest absolute Gasteiger partial charge is 0.222 e. The fourth-order valence-electron chi connectivity index (χ4n) is 5.23. The van der Waals surface area contributed by atoms with Gasteiger partial charge in [-0.3, -0.25) is 4.79 Å². The third kappa shape index (κ3) is 6.27. The zero-order valence-corrected chi connectivity index (χ0v) is 21.1. The number of methoxy groups -OCH3 is 2. The summed E-state index contributed by atoms with van der Waals surface area (Å²) in [6.07, 6.45) is 3.50. The maximum absolute atomic E-state index is 12.4. The lowest BCUT2D eigenvalue weighted by Crippen LogP contribution is -2.37. The van der Waals surface area contributed by atoms with E-state index in [1.54, 1.807) is 21.3 Å². The van der Waals surface area contributed by atoms with Gasteiger partial charge in [0.1, 0.15) is 18.1 Å². The number of carbonyl (C=O) groups excluding carboxylic acids is 1. The van der Waals surface area contributed by atoms with Crippen LogP contribution in [0.25, 0.3) is 0 Å². The summed E-state index contributed by atoms with van der Waals surface area (Å²) < 4.78 is 23.0. The van der Waals surface area contributed by atoms with E-state index in [4.69, 9.17) is 18.9 Å². The van der Waals surface area contributed by atoms with Crippen LogP contribution < -0.4 is 19.7 Å². The first-order chi connectivity index (χ1) is 17.1. The van der Waals surface area contributed by atoms with Crippen LogP contribution in [0.3, 0.4) is 0 Å². The van der Waals surface area contributed by atoms with Crippen LogP contribution in [-0.2, 0) is 20.9 Å². The van der Waals surface area contributed by atoms with Gasteiger partial charge >= 0.3 is 0 Å². The Bertz CT molecular complexity index is 964. The van der Waals surface area contributed by atoms with Crippen LogP contribution >= 0.6 is 0 Å². The van der Waals surface area contributed by atoms with Crippen molar-refractivity contribution in [2.75, 3.05) is 52.5 Å². The van der Waals surface area contributed by atoms with Crippen molar-refractivity contribution in [2.45, 2.75) is 44.3 Å². The van der Waals surface area contributed by atoms with E-state index in [1.807, 2.05) is 12.1 Å². The minimum atomic E-state index is 0.00787. The van der Waals surface area contributed by atoms with E-state index >= 15 is 0 Å². The van der Waals surface area contributed by atoms with Crippen molar-refractivity contribution in [3.8, 4) is 11.5 Å². The van der Waals surface area contributed by atoms with Gasteiger partial charge in [-0.05, 0) is 61.1 Å². The molecule has 2 aliphatic rings. The molecule has 3 atom stereocenters. The SMILES string of the molecule is CNC(=O)[C@H]1CC[C@H](OCc2ccc3c(c2)N(CCCOC)CCO3)[C@@H](c2ccc(OC)cc2)C1. The van der Waals surface area contributed by atoms with Crippen LogP contribution in [0.1, 0.15) is 42.7 Å². The molecule has 0 radical (unpaired) electrons. The average Bonchev–Trinajstić information content (AvgIpc) is 2.91. The van der Waals surface area contributed by atoms with Gasteiger partial charge in [0, 0.05) is 39.1 Å². The molecule has 4 rings (SSSR count). The Balaban J connectivity index is 1.47. The number of hydrogen-bond donors (Lipinski definition) is 1. The van der Waals surface area contributed by atoms with E-state index in [0.29, 0.717) is 13.2 Å². The average molecular weight is 483 g/mol. The molecule has 1 amide bonds. The molecule has 2 aromatic carbocycles. The fraction of sp³-hybridized carbons (Fsp3) is 0.536. The number of benzene rings is 2. The Labute approximate surface area is 208 Å². The van der Waals surface area contributed by atoms with Gasteiger partial charge in [0.25, 0.3) is 0 Å². The molecule has 1 aliphatic carbocycles. The van der Waals surface area contributed by atoms with Gasteiger partial charge < -0.3 is 29.2 Å². The van der Waals surface area contributed by atoms with Crippen molar-refractivity contribution >= 4 is 11.6 Å². The zero-order chi connectivity index (χ0) is 24.6. The highest BCUT2D eigenvalue weighted by Gasteiger charge is 2.35. The van der Waals surface area contributed by atoms with Gasteiger partial charge in [0.05, 0.1) is 32.1 Å². The van der Waals surface area contributed by atoms with Crippen molar-refractivity contribution in [3.05, 3.63) is 53.6 Å². The van der Waals surface area contributed by atoms with Crippen LogP contribution in [0.2, 0.25) is 0 Å². The van der Waals surface area contributed by atoms with Gasteiger partial charge in [0.2, 0.25) is 5.91 Å². The Morgan fingerprint density at radius 3 is 2.71 bits per heavy atom. The predicted molar refractivity (Wildman–Crippen MR) is 136 cm³/mol. The van der Waals surface area contributed by atoms with Gasteiger partial charge in [-0.25, -0.2) is 0 Å². The summed E-state index contributed by atoms with van der Waals surface area (Å²) in [5.41, 5.74) is 3.45. The largest absolute Gasteiger partial charge is 0.497 e. The number of nitrogens with one attached hydrogen (secondary N) is 1. The second-order valence-corrected chi connectivity index (χ2v) is 9.34. The molecule has 0 bridgehead atoms. The highest BCUT2D eigenvalue weighted by atomic mass is 16.5. The number of fused-ring (bicyclic) bond motifs is 1. The summed E-state index contributed by atoms with van der Waals surface area (Å²) in [6.45, 7) is 3.80. The molecule has 1 heterocycles. The lowest BCUT2D eigenvalue weighted by atomic mass is 9.75. The number of ether oxygens (including phenoxy) is 4. The number of anilines is 1. The standard InChI is InChI=1S/C28H38N2O5/c1-29-28(31)22-8-12-26(24(18-22)21-6-9-23(33-3)10-7-21)35-19-20-5-11-27-25(17-20)30(14-16-34-27)13-4-15-32-2/h5-7,9-11,17,22,24,26H,4,8,12-16,18-19H2,1-3H3,(H,29,31)/t22-,24+,26-/m0/s1. The van der Waals surface area contributed by atoms with Gasteiger partial charge in [-0.1, -0.05) is 18.2 Å².